The summed E-state index contributed by atoms with van der Waals surface area (Å²) in [6, 6.07) is 32.7. The van der Waals surface area contributed by atoms with Gasteiger partial charge in [-0.05, 0) is 71.5 Å². The van der Waals surface area contributed by atoms with Crippen molar-refractivity contribution in [1.29, 1.82) is 0 Å². The highest BCUT2D eigenvalue weighted by Gasteiger charge is 2.22. The molecule has 228 valence electrons. The molecule has 46 heavy (non-hydrogen) atoms. The summed E-state index contributed by atoms with van der Waals surface area (Å²) < 4.78 is 0. The van der Waals surface area contributed by atoms with E-state index in [1.165, 1.54) is 16.9 Å². The number of nitrogens with two attached hydrogens (primary N) is 1. The molecule has 5 nitrogen and oxygen atoms in total. The average Bonchev–Trinajstić information content (AvgIpc) is 3.40. The third kappa shape index (κ3) is 6.64. The van der Waals surface area contributed by atoms with Gasteiger partial charge in [0.15, 0.2) is 5.78 Å². The van der Waals surface area contributed by atoms with E-state index in [1.54, 1.807) is 36.4 Å². The lowest BCUT2D eigenvalue weighted by molar-refractivity contribution is 0.102. The molecule has 0 spiro atoms. The van der Waals surface area contributed by atoms with Crippen molar-refractivity contribution in [3.8, 4) is 22.4 Å². The molecule has 2 aromatic heterocycles. The molecule has 1 amide bonds. The van der Waals surface area contributed by atoms with Crippen LogP contribution in [-0.4, -0.2) is 16.7 Å². The van der Waals surface area contributed by atoms with Crippen LogP contribution in [0.15, 0.2) is 109 Å². The number of nitrogen functional groups attached to an aromatic ring is 1. The Balaban J connectivity index is 1.29. The van der Waals surface area contributed by atoms with Crippen molar-refractivity contribution in [1.82, 2.24) is 4.98 Å². The number of pyridine rings is 1. The first-order chi connectivity index (χ1) is 22.2. The third-order valence-electron chi connectivity index (χ3n) is 7.84. The minimum Gasteiger partial charge on any atom is -0.397 e. The van der Waals surface area contributed by atoms with Crippen LogP contribution in [0.25, 0.3) is 38.7 Å². The number of allylic oxidation sites excluding steroid dienone is 1. The van der Waals surface area contributed by atoms with E-state index in [0.29, 0.717) is 37.6 Å². The number of halogens is 1. The number of aryl methyl sites for hydroxylation is 1. The summed E-state index contributed by atoms with van der Waals surface area (Å²) in [5.74, 6) is -0.0836. The van der Waals surface area contributed by atoms with E-state index >= 15 is 0 Å². The van der Waals surface area contributed by atoms with Gasteiger partial charge in [0.25, 0.3) is 5.91 Å². The Labute approximate surface area is 277 Å². The summed E-state index contributed by atoms with van der Waals surface area (Å²) in [6.45, 7) is 6.33. The monoisotopic (exact) mass is 641 g/mol. The zero-order valence-electron chi connectivity index (χ0n) is 25.7. The van der Waals surface area contributed by atoms with Crippen LogP contribution < -0.4 is 11.1 Å². The third-order valence-corrected chi connectivity index (χ3v) is 9.19. The summed E-state index contributed by atoms with van der Waals surface area (Å²) >= 11 is 7.38. The van der Waals surface area contributed by atoms with E-state index in [0.717, 1.165) is 38.9 Å². The van der Waals surface area contributed by atoms with Gasteiger partial charge in [-0.25, -0.2) is 4.98 Å². The molecule has 0 unspecified atom stereocenters. The molecule has 2 heterocycles. The van der Waals surface area contributed by atoms with Crippen LogP contribution in [0.5, 0.6) is 0 Å². The standard InChI is InChI=1S/C39H32ClN3O2S/c1-23(2)26-14-9-25(10-15-26)11-20-34(44)29-5-4-6-31(21-29)42-38(45)37-36(41)35-32(27-12-7-24(3)8-13-27)22-33(43-39(35)46-37)28-16-18-30(40)19-17-28/h4-23H,41H2,1-3H3,(H,42,45). The van der Waals surface area contributed by atoms with Gasteiger partial charge in [-0.15, -0.1) is 11.3 Å². The number of hydrogen-bond acceptors (Lipinski definition) is 5. The Kier molecular flexibility index (Phi) is 8.84. The molecule has 0 bridgehead atoms. The molecule has 0 fully saturated rings. The van der Waals surface area contributed by atoms with E-state index in [-0.39, 0.29) is 11.7 Å². The van der Waals surface area contributed by atoms with Crippen molar-refractivity contribution >= 4 is 62.3 Å². The number of nitrogens with zero attached hydrogens (tertiary/aromatic N) is 1. The number of rotatable bonds is 8. The molecule has 0 saturated heterocycles. The summed E-state index contributed by atoms with van der Waals surface area (Å²) in [4.78, 5) is 32.6. The minimum atomic E-state index is -0.367. The van der Waals surface area contributed by atoms with Crippen LogP contribution in [0, 0.1) is 6.92 Å². The lowest BCUT2D eigenvalue weighted by Gasteiger charge is -2.10. The number of carbonyl (C=O) groups excluding carboxylic acids is 2. The first kappa shape index (κ1) is 31.0. The Morgan fingerprint density at radius 1 is 0.891 bits per heavy atom. The van der Waals surface area contributed by atoms with Crippen LogP contribution in [0.1, 0.15) is 56.5 Å². The van der Waals surface area contributed by atoms with Gasteiger partial charge in [-0.1, -0.05) is 110 Å². The molecule has 4 aromatic carbocycles. The number of hydrogen-bond donors (Lipinski definition) is 2. The van der Waals surface area contributed by atoms with Crippen molar-refractivity contribution in [3.63, 3.8) is 0 Å². The van der Waals surface area contributed by atoms with Crippen molar-refractivity contribution < 1.29 is 9.59 Å². The highest BCUT2D eigenvalue weighted by atomic mass is 35.5. The molecule has 0 aliphatic carbocycles. The molecular weight excluding hydrogens is 610 g/mol. The summed E-state index contributed by atoms with van der Waals surface area (Å²) in [5.41, 5.74) is 14.9. The van der Waals surface area contributed by atoms with Gasteiger partial charge >= 0.3 is 0 Å². The van der Waals surface area contributed by atoms with Gasteiger partial charge in [-0.3, -0.25) is 9.59 Å². The van der Waals surface area contributed by atoms with E-state index in [4.69, 9.17) is 22.3 Å². The molecule has 3 N–H and O–H groups in total. The molecule has 0 radical (unpaired) electrons. The van der Waals surface area contributed by atoms with Gasteiger partial charge in [0.1, 0.15) is 9.71 Å². The zero-order valence-corrected chi connectivity index (χ0v) is 27.2. The quantitative estimate of drug-likeness (QED) is 0.128. The number of thiophene rings is 1. The van der Waals surface area contributed by atoms with Crippen LogP contribution in [0.4, 0.5) is 11.4 Å². The molecule has 7 heteroatoms. The Hall–Kier alpha value is -5.04. The highest BCUT2D eigenvalue weighted by Crippen LogP contribution is 2.41. The first-order valence-corrected chi connectivity index (χ1v) is 16.2. The first-order valence-electron chi connectivity index (χ1n) is 15.0. The van der Waals surface area contributed by atoms with Gasteiger partial charge in [-0.2, -0.15) is 0 Å². The maximum absolute atomic E-state index is 13.6. The number of anilines is 2. The fraction of sp³-hybridized carbons (Fsp3) is 0.103. The Morgan fingerprint density at radius 3 is 2.28 bits per heavy atom. The van der Waals surface area contributed by atoms with E-state index < -0.39 is 0 Å². The predicted molar refractivity (Wildman–Crippen MR) is 193 cm³/mol. The lowest BCUT2D eigenvalue weighted by atomic mass is 9.98. The smallest absolute Gasteiger partial charge is 0.267 e. The minimum absolute atomic E-state index is 0.160. The second kappa shape index (κ2) is 13.1. The second-order valence-electron chi connectivity index (χ2n) is 11.5. The molecule has 6 rings (SSSR count). The van der Waals surface area contributed by atoms with Crippen LogP contribution in [0.3, 0.4) is 0 Å². The topological polar surface area (TPSA) is 85.1 Å². The molecule has 6 aromatic rings. The van der Waals surface area contributed by atoms with E-state index in [1.807, 2.05) is 73.7 Å². The lowest BCUT2D eigenvalue weighted by Crippen LogP contribution is -2.12. The van der Waals surface area contributed by atoms with Crippen LogP contribution in [0.2, 0.25) is 5.02 Å². The maximum Gasteiger partial charge on any atom is 0.267 e. The van der Waals surface area contributed by atoms with Gasteiger partial charge in [0.05, 0.1) is 11.4 Å². The van der Waals surface area contributed by atoms with Crippen LogP contribution in [-0.2, 0) is 0 Å². The molecular formula is C39H32ClN3O2S. The number of benzene rings is 4. The number of nitrogens with one attached hydrogen (secondary N) is 1. The van der Waals surface area contributed by atoms with Crippen molar-refractivity contribution in [2.24, 2.45) is 0 Å². The predicted octanol–water partition coefficient (Wildman–Crippen LogP) is 10.4. The zero-order chi connectivity index (χ0) is 32.4. The number of ketones is 1. The van der Waals surface area contributed by atoms with Gasteiger partial charge in [0.2, 0.25) is 0 Å². The molecule has 0 aliphatic heterocycles. The second-order valence-corrected chi connectivity index (χ2v) is 12.9. The number of carbonyl (C=O) groups is 2. The fourth-order valence-corrected chi connectivity index (χ4v) is 6.36. The summed E-state index contributed by atoms with van der Waals surface area (Å²) in [6.07, 6.45) is 3.35. The normalized spacial score (nSPS) is 11.4. The Morgan fingerprint density at radius 2 is 1.59 bits per heavy atom. The molecule has 0 saturated carbocycles. The maximum atomic E-state index is 13.6. The van der Waals surface area contributed by atoms with Crippen molar-refractivity contribution in [2.45, 2.75) is 26.7 Å². The van der Waals surface area contributed by atoms with Crippen LogP contribution >= 0.6 is 22.9 Å². The van der Waals surface area contributed by atoms with Crippen molar-refractivity contribution in [2.75, 3.05) is 11.1 Å². The van der Waals surface area contributed by atoms with Crippen molar-refractivity contribution in [3.05, 3.63) is 141 Å². The van der Waals surface area contributed by atoms with E-state index in [2.05, 4.69) is 31.3 Å². The molecule has 0 aliphatic rings. The average molecular weight is 642 g/mol. The van der Waals surface area contributed by atoms with Gasteiger partial charge in [0, 0.05) is 27.2 Å². The summed E-state index contributed by atoms with van der Waals surface area (Å²) in [7, 11) is 0. The Bertz CT molecular complexity index is 2100. The number of aromatic nitrogens is 1. The SMILES string of the molecule is Cc1ccc(-c2cc(-c3ccc(Cl)cc3)nc3sc(C(=O)Nc4cccc(C(=O)C=Cc5ccc(C(C)C)cc5)c4)c(N)c23)cc1. The van der Waals surface area contributed by atoms with E-state index in [9.17, 15) is 9.59 Å². The summed E-state index contributed by atoms with van der Waals surface area (Å²) in [5, 5.41) is 4.31. The number of amides is 1. The fourth-order valence-electron chi connectivity index (χ4n) is 5.22. The molecule has 0 atom stereocenters. The highest BCUT2D eigenvalue weighted by molar-refractivity contribution is 7.21. The largest absolute Gasteiger partial charge is 0.397 e. The number of fused-ring (bicyclic) bond motifs is 1. The van der Waals surface area contributed by atoms with Gasteiger partial charge < -0.3 is 11.1 Å².